The first kappa shape index (κ1) is 19.1. The first-order chi connectivity index (χ1) is 10.8. The Balaban J connectivity index is 2.47. The second-order valence-electron chi connectivity index (χ2n) is 5.98. The smallest absolute Gasteiger partial charge is 0.00746 e. The van der Waals surface area contributed by atoms with Crippen LogP contribution in [0.25, 0.3) is 0 Å². The minimum atomic E-state index is 0.569. The Bertz CT molecular complexity index is 354. The van der Waals surface area contributed by atoms with Gasteiger partial charge in [0.15, 0.2) is 0 Å². The lowest BCUT2D eigenvalue weighted by molar-refractivity contribution is 0.444. The number of hydrogen-bond acceptors (Lipinski definition) is 4. The molecule has 1 rings (SSSR count). The zero-order valence-corrected chi connectivity index (χ0v) is 14.1. The number of nitrogens with two attached hydrogens (primary N) is 2. The van der Waals surface area contributed by atoms with Gasteiger partial charge >= 0.3 is 0 Å². The van der Waals surface area contributed by atoms with Crippen molar-refractivity contribution in [3.63, 3.8) is 0 Å². The summed E-state index contributed by atoms with van der Waals surface area (Å²) in [5.41, 5.74) is 14.0. The van der Waals surface area contributed by atoms with E-state index in [1.165, 1.54) is 30.4 Å². The van der Waals surface area contributed by atoms with E-state index in [-0.39, 0.29) is 0 Å². The van der Waals surface area contributed by atoms with Gasteiger partial charge in [-0.05, 0) is 49.4 Å². The van der Waals surface area contributed by atoms with Crippen molar-refractivity contribution in [2.45, 2.75) is 32.6 Å². The molecule has 0 saturated carbocycles. The fourth-order valence-electron chi connectivity index (χ4n) is 2.59. The molecule has 0 atom stereocenters. The Morgan fingerprint density at radius 1 is 0.909 bits per heavy atom. The molecule has 0 unspecified atom stereocenters. The molecular weight excluding hydrogens is 272 g/mol. The van der Waals surface area contributed by atoms with E-state index in [4.69, 9.17) is 11.5 Å². The van der Waals surface area contributed by atoms with Crippen molar-refractivity contribution >= 4 is 0 Å². The minimum absolute atomic E-state index is 0.569. The molecule has 0 aliphatic rings. The highest BCUT2D eigenvalue weighted by molar-refractivity contribution is 5.23. The highest BCUT2D eigenvalue weighted by Crippen LogP contribution is 2.12. The molecule has 0 bridgehead atoms. The van der Waals surface area contributed by atoms with Crippen molar-refractivity contribution in [1.29, 1.82) is 0 Å². The number of rotatable bonds is 13. The average Bonchev–Trinajstić information content (AvgIpc) is 2.54. The first-order valence-corrected chi connectivity index (χ1v) is 8.69. The van der Waals surface area contributed by atoms with Crippen LogP contribution in [0.1, 0.15) is 30.9 Å². The van der Waals surface area contributed by atoms with Gasteiger partial charge in [-0.3, -0.25) is 0 Å². The van der Waals surface area contributed by atoms with Crippen LogP contribution in [0.5, 0.6) is 0 Å². The van der Waals surface area contributed by atoms with Crippen molar-refractivity contribution in [3.05, 3.63) is 35.4 Å². The second-order valence-corrected chi connectivity index (χ2v) is 5.98. The quantitative estimate of drug-likeness (QED) is 0.414. The van der Waals surface area contributed by atoms with Crippen LogP contribution in [0.4, 0.5) is 0 Å². The monoisotopic (exact) mass is 306 g/mol. The third kappa shape index (κ3) is 8.49. The maximum atomic E-state index is 5.55. The normalized spacial score (nSPS) is 11.3. The van der Waals surface area contributed by atoms with E-state index in [0.29, 0.717) is 19.0 Å². The fourth-order valence-corrected chi connectivity index (χ4v) is 2.59. The molecule has 0 radical (unpaired) electrons. The molecular formula is C18H34N4. The Labute approximate surface area is 136 Å². The predicted octanol–water partition coefficient (Wildman–Crippen LogP) is 1.28. The second kappa shape index (κ2) is 12.6. The lowest BCUT2D eigenvalue weighted by Crippen LogP contribution is -2.36. The van der Waals surface area contributed by atoms with Crippen LogP contribution < -0.4 is 22.1 Å². The predicted molar refractivity (Wildman–Crippen MR) is 96.1 cm³/mol. The molecule has 22 heavy (non-hydrogen) atoms. The molecule has 4 heteroatoms. The summed E-state index contributed by atoms with van der Waals surface area (Å²) in [7, 11) is 0. The van der Waals surface area contributed by atoms with Gasteiger partial charge in [0.25, 0.3) is 0 Å². The zero-order valence-electron chi connectivity index (χ0n) is 14.1. The van der Waals surface area contributed by atoms with Gasteiger partial charge < -0.3 is 22.1 Å². The summed E-state index contributed by atoms with van der Waals surface area (Å²) in [5, 5.41) is 6.85. The largest absolute Gasteiger partial charge is 0.329 e. The van der Waals surface area contributed by atoms with Gasteiger partial charge in [0.2, 0.25) is 0 Å². The summed E-state index contributed by atoms with van der Waals surface area (Å²) in [6, 6.07) is 9.12. The Morgan fingerprint density at radius 2 is 1.45 bits per heavy atom. The number of unbranched alkanes of at least 4 members (excludes halogenated alkanes) is 1. The number of nitrogens with one attached hydrogen (secondary N) is 2. The summed E-state index contributed by atoms with van der Waals surface area (Å²) in [6.07, 6.45) is 4.80. The molecule has 0 aliphatic carbocycles. The van der Waals surface area contributed by atoms with E-state index in [0.717, 1.165) is 32.6 Å². The van der Waals surface area contributed by atoms with E-state index in [2.05, 4.69) is 41.8 Å². The molecule has 4 nitrogen and oxygen atoms in total. The molecule has 0 spiro atoms. The average molecular weight is 306 g/mol. The highest BCUT2D eigenvalue weighted by atomic mass is 14.9. The number of benzene rings is 1. The van der Waals surface area contributed by atoms with Crippen molar-refractivity contribution in [2.24, 2.45) is 17.4 Å². The number of aryl methyl sites for hydroxylation is 1. The SMILES string of the molecule is CCCCc1ccc(CC(CNCCN)CNCCN)cc1. The van der Waals surface area contributed by atoms with Crippen molar-refractivity contribution in [3.8, 4) is 0 Å². The van der Waals surface area contributed by atoms with Gasteiger partial charge in [0.1, 0.15) is 0 Å². The van der Waals surface area contributed by atoms with Crippen molar-refractivity contribution in [1.82, 2.24) is 10.6 Å². The van der Waals surface area contributed by atoms with E-state index < -0.39 is 0 Å². The Morgan fingerprint density at radius 3 is 1.95 bits per heavy atom. The van der Waals surface area contributed by atoms with E-state index in [1.807, 2.05) is 0 Å². The van der Waals surface area contributed by atoms with E-state index in [1.54, 1.807) is 0 Å². The Kier molecular flexibility index (Phi) is 10.9. The maximum Gasteiger partial charge on any atom is 0.00746 e. The Hall–Kier alpha value is -0.940. The topological polar surface area (TPSA) is 76.1 Å². The third-order valence-corrected chi connectivity index (χ3v) is 3.87. The molecule has 6 N–H and O–H groups in total. The maximum absolute atomic E-state index is 5.55. The zero-order chi connectivity index (χ0) is 16.0. The van der Waals surface area contributed by atoms with Gasteiger partial charge in [-0.2, -0.15) is 0 Å². The molecule has 1 aromatic rings. The molecule has 0 aliphatic heterocycles. The summed E-state index contributed by atoms with van der Waals surface area (Å²) >= 11 is 0. The molecule has 0 aromatic heterocycles. The first-order valence-electron chi connectivity index (χ1n) is 8.69. The molecule has 0 fully saturated rings. The van der Waals surface area contributed by atoms with Gasteiger partial charge in [0, 0.05) is 26.2 Å². The molecule has 0 heterocycles. The van der Waals surface area contributed by atoms with Crippen LogP contribution >= 0.6 is 0 Å². The summed E-state index contributed by atoms with van der Waals surface area (Å²) in [4.78, 5) is 0. The summed E-state index contributed by atoms with van der Waals surface area (Å²) in [5.74, 6) is 0.569. The number of hydrogen-bond donors (Lipinski definition) is 4. The lowest BCUT2D eigenvalue weighted by atomic mass is 9.97. The van der Waals surface area contributed by atoms with Crippen molar-refractivity contribution < 1.29 is 0 Å². The van der Waals surface area contributed by atoms with Gasteiger partial charge in [-0.1, -0.05) is 37.6 Å². The van der Waals surface area contributed by atoms with E-state index in [9.17, 15) is 0 Å². The lowest BCUT2D eigenvalue weighted by Gasteiger charge is -2.18. The van der Waals surface area contributed by atoms with Crippen LogP contribution in [-0.4, -0.2) is 39.3 Å². The molecule has 126 valence electrons. The van der Waals surface area contributed by atoms with Crippen molar-refractivity contribution in [2.75, 3.05) is 39.3 Å². The van der Waals surface area contributed by atoms with Gasteiger partial charge in [-0.25, -0.2) is 0 Å². The highest BCUT2D eigenvalue weighted by Gasteiger charge is 2.09. The van der Waals surface area contributed by atoms with Crippen LogP contribution in [0.2, 0.25) is 0 Å². The summed E-state index contributed by atoms with van der Waals surface area (Å²) < 4.78 is 0. The van der Waals surface area contributed by atoms with E-state index >= 15 is 0 Å². The van der Waals surface area contributed by atoms with Gasteiger partial charge in [0.05, 0.1) is 0 Å². The van der Waals surface area contributed by atoms with Crippen LogP contribution in [0, 0.1) is 5.92 Å². The minimum Gasteiger partial charge on any atom is -0.329 e. The molecule has 0 saturated heterocycles. The third-order valence-electron chi connectivity index (χ3n) is 3.87. The van der Waals surface area contributed by atoms with Crippen LogP contribution in [0.15, 0.2) is 24.3 Å². The van der Waals surface area contributed by atoms with Crippen LogP contribution in [-0.2, 0) is 12.8 Å². The molecule has 0 amide bonds. The fraction of sp³-hybridized carbons (Fsp3) is 0.667. The molecule has 1 aromatic carbocycles. The summed E-state index contributed by atoms with van der Waals surface area (Å²) in [6.45, 7) is 7.36. The standard InChI is InChI=1S/C18H34N4/c1-2-3-4-16-5-7-17(8-6-16)13-18(14-21-11-9-19)15-22-12-10-20/h5-8,18,21-22H,2-4,9-15,19-20H2,1H3. The van der Waals surface area contributed by atoms with Gasteiger partial charge in [-0.15, -0.1) is 0 Å². The van der Waals surface area contributed by atoms with Crippen LogP contribution in [0.3, 0.4) is 0 Å².